The number of aryl methyl sites for hydroxylation is 1. The fourth-order valence-electron chi connectivity index (χ4n) is 1.92. The second-order valence-corrected chi connectivity index (χ2v) is 4.82. The average Bonchev–Trinajstić information content (AvgIpc) is 2.46. The van der Waals surface area contributed by atoms with Crippen molar-refractivity contribution in [3.8, 4) is 0 Å². The predicted octanol–water partition coefficient (Wildman–Crippen LogP) is 2.25. The molecule has 0 heterocycles. The van der Waals surface area contributed by atoms with Gasteiger partial charge in [0.05, 0.1) is 6.04 Å². The molecule has 4 nitrogen and oxygen atoms in total. The number of Topliss-reactive ketones (excluding diaryl/α,β-unsaturated/α-hetero) is 1. The zero-order chi connectivity index (χ0) is 15.0. The van der Waals surface area contributed by atoms with Crippen molar-refractivity contribution in [1.82, 2.24) is 5.32 Å². The van der Waals surface area contributed by atoms with Crippen molar-refractivity contribution in [2.24, 2.45) is 0 Å². The predicted molar refractivity (Wildman–Crippen MR) is 78.4 cm³/mol. The van der Waals surface area contributed by atoms with E-state index in [1.54, 1.807) is 7.05 Å². The van der Waals surface area contributed by atoms with E-state index in [0.29, 0.717) is 6.42 Å². The Bertz CT molecular complexity index is 440. The minimum Gasteiger partial charge on any atom is -0.461 e. The van der Waals surface area contributed by atoms with Crippen LogP contribution in [0.1, 0.15) is 37.8 Å². The Hall–Kier alpha value is -1.68. The largest absolute Gasteiger partial charge is 0.461 e. The third-order valence-corrected chi connectivity index (χ3v) is 3.31. The van der Waals surface area contributed by atoms with Gasteiger partial charge in [0.15, 0.2) is 0 Å². The number of likely N-dealkylation sites (N-methyl/N-ethyl adjacent to an activating group) is 1. The highest BCUT2D eigenvalue weighted by Gasteiger charge is 2.14. The summed E-state index contributed by atoms with van der Waals surface area (Å²) in [5, 5.41) is 2.89. The van der Waals surface area contributed by atoms with Gasteiger partial charge >= 0.3 is 5.97 Å². The van der Waals surface area contributed by atoms with Crippen LogP contribution in [-0.2, 0) is 27.4 Å². The van der Waals surface area contributed by atoms with E-state index in [0.717, 1.165) is 12.0 Å². The SMILES string of the molecule is CCc1ccc(COC(=O)CC[C@H](NC)C(C)=O)cc1. The summed E-state index contributed by atoms with van der Waals surface area (Å²) >= 11 is 0. The lowest BCUT2D eigenvalue weighted by molar-refractivity contribution is -0.145. The van der Waals surface area contributed by atoms with Gasteiger partial charge in [-0.3, -0.25) is 9.59 Å². The van der Waals surface area contributed by atoms with E-state index < -0.39 is 0 Å². The second-order valence-electron chi connectivity index (χ2n) is 4.82. The molecule has 0 unspecified atom stereocenters. The molecule has 1 aromatic carbocycles. The summed E-state index contributed by atoms with van der Waals surface area (Å²) in [7, 11) is 1.71. The van der Waals surface area contributed by atoms with Gasteiger partial charge < -0.3 is 10.1 Å². The highest BCUT2D eigenvalue weighted by atomic mass is 16.5. The molecule has 0 fully saturated rings. The summed E-state index contributed by atoms with van der Waals surface area (Å²) in [6, 6.07) is 7.74. The Kier molecular flexibility index (Phi) is 6.94. The minimum absolute atomic E-state index is 0.0375. The number of ketones is 1. The van der Waals surface area contributed by atoms with Crippen molar-refractivity contribution in [1.29, 1.82) is 0 Å². The molecule has 0 saturated heterocycles. The van der Waals surface area contributed by atoms with E-state index in [4.69, 9.17) is 4.74 Å². The van der Waals surface area contributed by atoms with Gasteiger partial charge in [-0.1, -0.05) is 31.2 Å². The smallest absolute Gasteiger partial charge is 0.306 e. The van der Waals surface area contributed by atoms with E-state index in [1.165, 1.54) is 12.5 Å². The molecule has 0 amide bonds. The number of carbonyl (C=O) groups excluding carboxylic acids is 2. The molecule has 1 N–H and O–H groups in total. The molecule has 20 heavy (non-hydrogen) atoms. The maximum Gasteiger partial charge on any atom is 0.306 e. The van der Waals surface area contributed by atoms with E-state index >= 15 is 0 Å². The van der Waals surface area contributed by atoms with Gasteiger partial charge in [0.2, 0.25) is 0 Å². The van der Waals surface area contributed by atoms with Crippen LogP contribution in [0.15, 0.2) is 24.3 Å². The van der Waals surface area contributed by atoms with Gasteiger partial charge in [-0.2, -0.15) is 0 Å². The lowest BCUT2D eigenvalue weighted by Crippen LogP contribution is -2.32. The normalized spacial score (nSPS) is 11.9. The van der Waals surface area contributed by atoms with Crippen molar-refractivity contribution < 1.29 is 14.3 Å². The first-order chi connectivity index (χ1) is 9.56. The highest BCUT2D eigenvalue weighted by molar-refractivity contribution is 5.82. The first-order valence-corrected chi connectivity index (χ1v) is 6.98. The summed E-state index contributed by atoms with van der Waals surface area (Å²) < 4.78 is 5.20. The van der Waals surface area contributed by atoms with Crippen molar-refractivity contribution in [2.75, 3.05) is 7.05 Å². The molecular weight excluding hydrogens is 254 g/mol. The van der Waals surface area contributed by atoms with Gasteiger partial charge in [-0.05, 0) is 37.9 Å². The summed E-state index contributed by atoms with van der Waals surface area (Å²) in [5.41, 5.74) is 2.24. The van der Waals surface area contributed by atoms with Crippen LogP contribution >= 0.6 is 0 Å². The van der Waals surface area contributed by atoms with E-state index in [2.05, 4.69) is 12.2 Å². The molecule has 110 valence electrons. The Morgan fingerprint density at radius 2 is 1.80 bits per heavy atom. The van der Waals surface area contributed by atoms with Crippen LogP contribution in [0.3, 0.4) is 0 Å². The number of benzene rings is 1. The number of carbonyl (C=O) groups is 2. The van der Waals surface area contributed by atoms with Crippen molar-refractivity contribution in [3.63, 3.8) is 0 Å². The van der Waals surface area contributed by atoms with E-state index in [9.17, 15) is 9.59 Å². The summed E-state index contributed by atoms with van der Waals surface area (Å²) in [5.74, 6) is -0.235. The van der Waals surface area contributed by atoms with Crippen molar-refractivity contribution >= 4 is 11.8 Å². The maximum absolute atomic E-state index is 11.6. The molecule has 0 aromatic heterocycles. The lowest BCUT2D eigenvalue weighted by atomic mass is 10.1. The average molecular weight is 277 g/mol. The monoisotopic (exact) mass is 277 g/mol. The molecule has 0 aliphatic heterocycles. The fourth-order valence-corrected chi connectivity index (χ4v) is 1.92. The number of esters is 1. The molecule has 0 radical (unpaired) electrons. The van der Waals surface area contributed by atoms with Crippen molar-refractivity contribution in [3.05, 3.63) is 35.4 Å². The topological polar surface area (TPSA) is 55.4 Å². The number of hydrogen-bond acceptors (Lipinski definition) is 4. The van der Waals surface area contributed by atoms with Gasteiger partial charge in [0.1, 0.15) is 12.4 Å². The Morgan fingerprint density at radius 1 is 1.20 bits per heavy atom. The summed E-state index contributed by atoms with van der Waals surface area (Å²) in [4.78, 5) is 22.8. The molecule has 0 aliphatic carbocycles. The highest BCUT2D eigenvalue weighted by Crippen LogP contribution is 2.08. The number of ether oxygens (including phenoxy) is 1. The standard InChI is InChI=1S/C16H23NO3/c1-4-13-5-7-14(8-6-13)11-20-16(19)10-9-15(17-3)12(2)18/h5-8,15,17H,4,9-11H2,1-3H3/t15-/m0/s1. The molecule has 0 saturated carbocycles. The van der Waals surface area contributed by atoms with Crippen LogP contribution in [0.5, 0.6) is 0 Å². The molecule has 1 rings (SSSR count). The summed E-state index contributed by atoms with van der Waals surface area (Å²) in [6.45, 7) is 3.90. The Labute approximate surface area is 120 Å². The zero-order valence-corrected chi connectivity index (χ0v) is 12.4. The number of rotatable bonds is 8. The molecule has 0 spiro atoms. The van der Waals surface area contributed by atoms with Crippen LogP contribution in [0, 0.1) is 0 Å². The van der Waals surface area contributed by atoms with Crippen LogP contribution < -0.4 is 5.32 Å². The van der Waals surface area contributed by atoms with E-state index in [-0.39, 0.29) is 30.8 Å². The fraction of sp³-hybridized carbons (Fsp3) is 0.500. The minimum atomic E-state index is -0.272. The lowest BCUT2D eigenvalue weighted by Gasteiger charge is -2.12. The third kappa shape index (κ3) is 5.53. The molecular formula is C16H23NO3. The van der Waals surface area contributed by atoms with Crippen molar-refractivity contribution in [2.45, 2.75) is 45.8 Å². The van der Waals surface area contributed by atoms with Gasteiger partial charge in [-0.15, -0.1) is 0 Å². The van der Waals surface area contributed by atoms with Crippen LogP contribution in [-0.4, -0.2) is 24.8 Å². The molecule has 1 aromatic rings. The van der Waals surface area contributed by atoms with Gasteiger partial charge in [0.25, 0.3) is 0 Å². The number of nitrogens with one attached hydrogen (secondary N) is 1. The summed E-state index contributed by atoms with van der Waals surface area (Å²) in [6.07, 6.45) is 1.72. The quantitative estimate of drug-likeness (QED) is 0.740. The molecule has 0 aliphatic rings. The van der Waals surface area contributed by atoms with Gasteiger partial charge in [-0.25, -0.2) is 0 Å². The molecule has 4 heteroatoms. The Balaban J connectivity index is 2.33. The first-order valence-electron chi connectivity index (χ1n) is 6.98. The maximum atomic E-state index is 11.6. The third-order valence-electron chi connectivity index (χ3n) is 3.31. The first kappa shape index (κ1) is 16.4. The number of hydrogen-bond donors (Lipinski definition) is 1. The zero-order valence-electron chi connectivity index (χ0n) is 12.4. The van der Waals surface area contributed by atoms with Gasteiger partial charge in [0, 0.05) is 6.42 Å². The van der Waals surface area contributed by atoms with E-state index in [1.807, 2.05) is 24.3 Å². The Morgan fingerprint density at radius 3 is 2.30 bits per heavy atom. The van der Waals surface area contributed by atoms with Crippen LogP contribution in [0.2, 0.25) is 0 Å². The second kappa shape index (κ2) is 8.48. The molecule has 1 atom stereocenters. The van der Waals surface area contributed by atoms with Crippen LogP contribution in [0.25, 0.3) is 0 Å². The van der Waals surface area contributed by atoms with Crippen LogP contribution in [0.4, 0.5) is 0 Å². The molecule has 0 bridgehead atoms.